The van der Waals surface area contributed by atoms with E-state index >= 15 is 0 Å². The monoisotopic (exact) mass is 347 g/mol. The lowest BCUT2D eigenvalue weighted by atomic mass is 9.94. The molecule has 3 unspecified atom stereocenters. The highest BCUT2D eigenvalue weighted by Gasteiger charge is 2.53. The quantitative estimate of drug-likeness (QED) is 0.505. The van der Waals surface area contributed by atoms with E-state index < -0.39 is 5.92 Å². The van der Waals surface area contributed by atoms with Crippen LogP contribution in [-0.4, -0.2) is 53.4 Å². The van der Waals surface area contributed by atoms with Crippen molar-refractivity contribution < 1.29 is 19.1 Å². The minimum atomic E-state index is -0.572. The van der Waals surface area contributed by atoms with Gasteiger partial charge in [0.05, 0.1) is 31.8 Å². The number of aliphatic hydroxyl groups excluding tert-OH is 1. The first-order chi connectivity index (χ1) is 11.5. The number of fused-ring (bicyclic) bond motifs is 2. The van der Waals surface area contributed by atoms with Crippen molar-refractivity contribution in [1.82, 2.24) is 0 Å². The molecule has 2 saturated heterocycles. The van der Waals surface area contributed by atoms with E-state index in [1.54, 1.807) is 0 Å². The molecule has 4 nitrogen and oxygen atoms in total. The highest BCUT2D eigenvalue weighted by atomic mass is 16.5. The summed E-state index contributed by atoms with van der Waals surface area (Å²) in [6.07, 6.45) is 4.36. The number of quaternary nitrogens is 1. The Morgan fingerprint density at radius 3 is 2.24 bits per heavy atom. The number of hydrogen-bond donors (Lipinski definition) is 1. The first kappa shape index (κ1) is 19.9. The van der Waals surface area contributed by atoms with E-state index in [0.717, 1.165) is 22.9 Å². The number of esters is 1. The lowest BCUT2D eigenvalue weighted by Crippen LogP contribution is -2.62. The molecule has 0 aliphatic carbocycles. The molecule has 2 heterocycles. The Kier molecular flexibility index (Phi) is 6.28. The summed E-state index contributed by atoms with van der Waals surface area (Å²) >= 11 is 0. The van der Waals surface area contributed by atoms with Gasteiger partial charge in [-0.15, -0.1) is 0 Å². The Bertz CT molecular complexity index is 558. The van der Waals surface area contributed by atoms with Gasteiger partial charge >= 0.3 is 5.97 Å². The normalized spacial score (nSPS) is 32.1. The summed E-state index contributed by atoms with van der Waals surface area (Å²) in [6.45, 7) is 4.39. The molecular formula is C21H33NO3. The summed E-state index contributed by atoms with van der Waals surface area (Å²) in [5, 5.41) is 9.65. The van der Waals surface area contributed by atoms with Gasteiger partial charge in [0.15, 0.2) is 0 Å². The molecule has 0 amide bonds. The second-order valence-electron chi connectivity index (χ2n) is 7.88. The predicted octanol–water partition coefficient (Wildman–Crippen LogP) is 3.30. The zero-order valence-corrected chi connectivity index (χ0v) is 16.0. The van der Waals surface area contributed by atoms with E-state index in [0.29, 0.717) is 18.1 Å². The molecule has 1 N–H and O–H groups in total. The Morgan fingerprint density at radius 2 is 1.76 bits per heavy atom. The molecule has 140 valence electrons. The summed E-state index contributed by atoms with van der Waals surface area (Å²) in [5.74, 6) is -0.856. The molecule has 2 aliphatic heterocycles. The molecule has 1 aromatic rings. The molecular weight excluding hydrogens is 314 g/mol. The fourth-order valence-electron chi connectivity index (χ4n) is 4.82. The van der Waals surface area contributed by atoms with E-state index in [2.05, 4.69) is 20.9 Å². The van der Waals surface area contributed by atoms with E-state index in [1.807, 2.05) is 30.3 Å². The standard InChI is InChI=1S/C20H30NO3.CH3/c1-14(2)21(3)16-9-10-17(21)12-18(11-16)24-20(23)19(13-22)15-7-5-4-6-8-15;/h4-8,14,16-19,22H,9-13H2,1-3H3;1H3/q+1;-1. The lowest BCUT2D eigenvalue weighted by Gasteiger charge is -2.49. The highest BCUT2D eigenvalue weighted by molar-refractivity contribution is 5.78. The van der Waals surface area contributed by atoms with Crippen molar-refractivity contribution in [2.24, 2.45) is 0 Å². The minimum Gasteiger partial charge on any atom is -0.461 e. The van der Waals surface area contributed by atoms with Crippen LogP contribution in [0.1, 0.15) is 51.0 Å². The molecule has 0 aromatic heterocycles. The van der Waals surface area contributed by atoms with Crippen LogP contribution in [-0.2, 0) is 9.53 Å². The first-order valence-corrected chi connectivity index (χ1v) is 9.18. The van der Waals surface area contributed by atoms with Crippen LogP contribution in [0.3, 0.4) is 0 Å². The van der Waals surface area contributed by atoms with Crippen molar-refractivity contribution in [3.63, 3.8) is 0 Å². The fourth-order valence-corrected chi connectivity index (χ4v) is 4.82. The maximum atomic E-state index is 12.6. The third kappa shape index (κ3) is 3.61. The molecule has 0 radical (unpaired) electrons. The van der Waals surface area contributed by atoms with E-state index in [4.69, 9.17) is 4.74 Å². The van der Waals surface area contributed by atoms with Crippen molar-refractivity contribution >= 4 is 5.97 Å². The third-order valence-corrected chi connectivity index (χ3v) is 6.54. The van der Waals surface area contributed by atoms with Crippen LogP contribution in [0.15, 0.2) is 30.3 Å². The second kappa shape index (κ2) is 7.88. The smallest absolute Gasteiger partial charge is 0.316 e. The zero-order chi connectivity index (χ0) is 17.3. The number of carbonyl (C=O) groups excluding carboxylic acids is 1. The van der Waals surface area contributed by atoms with Gasteiger partial charge in [-0.05, 0) is 19.4 Å². The summed E-state index contributed by atoms with van der Waals surface area (Å²) < 4.78 is 6.96. The van der Waals surface area contributed by atoms with E-state index in [-0.39, 0.29) is 26.1 Å². The highest BCUT2D eigenvalue weighted by Crippen LogP contribution is 2.44. The zero-order valence-electron chi connectivity index (χ0n) is 16.0. The summed E-state index contributed by atoms with van der Waals surface area (Å²) in [7, 11) is 2.37. The summed E-state index contributed by atoms with van der Waals surface area (Å²) in [4.78, 5) is 12.6. The van der Waals surface area contributed by atoms with Crippen molar-refractivity contribution in [1.29, 1.82) is 0 Å². The van der Waals surface area contributed by atoms with Crippen LogP contribution in [0, 0.1) is 7.43 Å². The van der Waals surface area contributed by atoms with Crippen LogP contribution in [0.4, 0.5) is 0 Å². The molecule has 4 heteroatoms. The topological polar surface area (TPSA) is 46.5 Å². The molecule has 1 aromatic carbocycles. The Balaban J connectivity index is 0.00000225. The number of carbonyl (C=O) groups is 1. The van der Waals surface area contributed by atoms with Crippen LogP contribution < -0.4 is 0 Å². The van der Waals surface area contributed by atoms with Crippen LogP contribution in [0.5, 0.6) is 0 Å². The molecule has 25 heavy (non-hydrogen) atoms. The first-order valence-electron chi connectivity index (χ1n) is 9.18. The molecule has 0 saturated carbocycles. The van der Waals surface area contributed by atoms with Gasteiger partial charge in [-0.1, -0.05) is 30.3 Å². The van der Waals surface area contributed by atoms with Crippen molar-refractivity contribution in [3.05, 3.63) is 43.3 Å². The van der Waals surface area contributed by atoms with E-state index in [1.165, 1.54) is 12.8 Å². The van der Waals surface area contributed by atoms with Gasteiger partial charge in [-0.2, -0.15) is 0 Å². The number of aliphatic hydroxyl groups is 1. The number of hydrogen-bond acceptors (Lipinski definition) is 3. The van der Waals surface area contributed by atoms with Gasteiger partial charge in [-0.3, -0.25) is 4.79 Å². The molecule has 2 aliphatic rings. The summed E-state index contributed by atoms with van der Waals surface area (Å²) in [6, 6.07) is 11.2. The van der Waals surface area contributed by atoms with Crippen molar-refractivity contribution in [2.75, 3.05) is 13.7 Å². The molecule has 0 spiro atoms. The molecule has 3 atom stereocenters. The number of nitrogens with zero attached hydrogens (tertiary/aromatic N) is 1. The average Bonchev–Trinajstić information content (AvgIpc) is 2.74. The van der Waals surface area contributed by atoms with Crippen molar-refractivity contribution in [2.45, 2.75) is 69.7 Å². The van der Waals surface area contributed by atoms with Gasteiger partial charge in [0.25, 0.3) is 0 Å². The van der Waals surface area contributed by atoms with Crippen LogP contribution >= 0.6 is 0 Å². The minimum absolute atomic E-state index is 0. The van der Waals surface area contributed by atoms with Crippen LogP contribution in [0.2, 0.25) is 0 Å². The maximum Gasteiger partial charge on any atom is 0.316 e. The lowest BCUT2D eigenvalue weighted by molar-refractivity contribution is -0.968. The van der Waals surface area contributed by atoms with Gasteiger partial charge in [0.2, 0.25) is 0 Å². The van der Waals surface area contributed by atoms with Gasteiger partial charge in [0.1, 0.15) is 12.0 Å². The SMILES string of the molecule is CC(C)[N+]1(C)C2CCC1CC(OC(=O)C(CO)c1ccccc1)C2.[CH3-]. The molecule has 3 rings (SSSR count). The Morgan fingerprint density at radius 1 is 1.20 bits per heavy atom. The third-order valence-electron chi connectivity index (χ3n) is 6.54. The Labute approximate surface area is 152 Å². The average molecular weight is 347 g/mol. The second-order valence-corrected chi connectivity index (χ2v) is 7.88. The van der Waals surface area contributed by atoms with Crippen molar-refractivity contribution in [3.8, 4) is 0 Å². The van der Waals surface area contributed by atoms with Gasteiger partial charge < -0.3 is 21.8 Å². The molecule has 2 fully saturated rings. The largest absolute Gasteiger partial charge is 0.461 e. The number of ether oxygens (including phenoxy) is 1. The maximum absolute atomic E-state index is 12.6. The number of piperidine rings is 1. The predicted molar refractivity (Wildman–Crippen MR) is 99.9 cm³/mol. The van der Waals surface area contributed by atoms with E-state index in [9.17, 15) is 9.90 Å². The van der Waals surface area contributed by atoms with Gasteiger partial charge in [-0.25, -0.2) is 0 Å². The van der Waals surface area contributed by atoms with Gasteiger partial charge in [0, 0.05) is 25.7 Å². The summed E-state index contributed by atoms with van der Waals surface area (Å²) in [5.41, 5.74) is 0.826. The number of rotatable bonds is 5. The molecule has 2 bridgehead atoms. The Hall–Kier alpha value is -1.39. The fraction of sp³-hybridized carbons (Fsp3) is 0.619. The number of benzene rings is 1. The van der Waals surface area contributed by atoms with Crippen LogP contribution in [0.25, 0.3) is 0 Å².